The first-order valence-electron chi connectivity index (χ1n) is 2.05. The molecule has 7 heavy (non-hydrogen) atoms. The Morgan fingerprint density at radius 3 is 2.14 bits per heavy atom. The quantitative estimate of drug-likeness (QED) is 0.349. The fourth-order valence-corrected chi connectivity index (χ4v) is 0.118. The lowest BCUT2D eigenvalue weighted by Gasteiger charge is -2.09. The Hall–Kier alpha value is -0.700. The Morgan fingerprint density at radius 2 is 2.14 bits per heavy atom. The van der Waals surface area contributed by atoms with Gasteiger partial charge in [0.05, 0.1) is 0 Å². The van der Waals surface area contributed by atoms with Gasteiger partial charge >= 0.3 is 0 Å². The second-order valence-corrected chi connectivity index (χ2v) is 1.42. The minimum atomic E-state index is 0.861. The average Bonchev–Trinajstić information content (AvgIpc) is 1.65. The van der Waals surface area contributed by atoms with Crippen molar-refractivity contribution in [3.63, 3.8) is 0 Å². The Kier molecular flexibility index (Phi) is 2.22. The second kappa shape index (κ2) is 2.47. The van der Waals surface area contributed by atoms with Gasteiger partial charge in [-0.25, -0.2) is 5.84 Å². The third-order valence-electron chi connectivity index (χ3n) is 0.798. The summed E-state index contributed by atoms with van der Waals surface area (Å²) in [6.45, 7) is 1.83. The van der Waals surface area contributed by atoms with E-state index < -0.39 is 0 Å². The monoisotopic (exact) mass is 101 g/mol. The number of nitrogens with two attached hydrogens (primary N) is 2. The summed E-state index contributed by atoms with van der Waals surface area (Å²) in [6, 6.07) is 0. The van der Waals surface area contributed by atoms with Crippen LogP contribution >= 0.6 is 0 Å². The molecule has 0 aliphatic heterocycles. The van der Waals surface area contributed by atoms with E-state index in [0.717, 1.165) is 5.70 Å². The van der Waals surface area contributed by atoms with Crippen LogP contribution in [-0.2, 0) is 0 Å². The van der Waals surface area contributed by atoms with E-state index >= 15 is 0 Å². The van der Waals surface area contributed by atoms with Gasteiger partial charge in [-0.15, -0.1) is 0 Å². The molecule has 0 radical (unpaired) electrons. The number of hydrazine groups is 1. The topological polar surface area (TPSA) is 55.3 Å². The molecule has 3 nitrogen and oxygen atoms in total. The minimum Gasteiger partial charge on any atom is -0.403 e. The van der Waals surface area contributed by atoms with E-state index in [4.69, 9.17) is 11.6 Å². The minimum absolute atomic E-state index is 0.861. The second-order valence-electron chi connectivity index (χ2n) is 1.42. The molecule has 3 heteroatoms. The summed E-state index contributed by atoms with van der Waals surface area (Å²) in [6.07, 6.45) is 1.46. The average molecular weight is 101 g/mol. The summed E-state index contributed by atoms with van der Waals surface area (Å²) in [5.74, 6) is 5.23. The van der Waals surface area contributed by atoms with Crippen LogP contribution < -0.4 is 11.6 Å². The fourth-order valence-electron chi connectivity index (χ4n) is 0.118. The number of hydrogen-bond donors (Lipinski definition) is 2. The molecule has 0 saturated heterocycles. The third kappa shape index (κ3) is 2.05. The number of rotatable bonds is 1. The Morgan fingerprint density at radius 1 is 1.71 bits per heavy atom. The van der Waals surface area contributed by atoms with Crippen molar-refractivity contribution in [2.24, 2.45) is 11.6 Å². The van der Waals surface area contributed by atoms with Crippen molar-refractivity contribution in [1.82, 2.24) is 5.01 Å². The summed E-state index contributed by atoms with van der Waals surface area (Å²) in [7, 11) is 1.73. The van der Waals surface area contributed by atoms with Crippen molar-refractivity contribution in [2.75, 3.05) is 7.05 Å². The molecular weight excluding hydrogens is 90.1 g/mol. The zero-order valence-electron chi connectivity index (χ0n) is 4.68. The number of hydrogen-bond acceptors (Lipinski definition) is 3. The van der Waals surface area contributed by atoms with Crippen LogP contribution in [0.5, 0.6) is 0 Å². The summed E-state index contributed by atoms with van der Waals surface area (Å²) < 4.78 is 0. The summed E-state index contributed by atoms with van der Waals surface area (Å²) in [5, 5.41) is 1.46. The Balaban J connectivity index is 3.56. The van der Waals surface area contributed by atoms with E-state index in [2.05, 4.69) is 0 Å². The van der Waals surface area contributed by atoms with Gasteiger partial charge in [-0.05, 0) is 6.92 Å². The number of allylic oxidation sites excluding steroid dienone is 1. The zero-order chi connectivity index (χ0) is 5.86. The summed E-state index contributed by atoms with van der Waals surface area (Å²) >= 11 is 0. The highest BCUT2D eigenvalue weighted by atomic mass is 15.4. The van der Waals surface area contributed by atoms with Gasteiger partial charge in [0.1, 0.15) is 0 Å². The van der Waals surface area contributed by atoms with Crippen LogP contribution in [-0.4, -0.2) is 12.1 Å². The van der Waals surface area contributed by atoms with Crippen molar-refractivity contribution in [2.45, 2.75) is 6.92 Å². The highest BCUT2D eigenvalue weighted by molar-refractivity contribution is 4.89. The molecule has 0 aromatic carbocycles. The van der Waals surface area contributed by atoms with Crippen LogP contribution in [0.1, 0.15) is 6.92 Å². The molecule has 0 aliphatic rings. The summed E-state index contributed by atoms with van der Waals surface area (Å²) in [5.41, 5.74) is 5.95. The van der Waals surface area contributed by atoms with Crippen LogP contribution in [0, 0.1) is 0 Å². The van der Waals surface area contributed by atoms with E-state index in [1.807, 2.05) is 6.92 Å². The van der Waals surface area contributed by atoms with Gasteiger partial charge in [0.15, 0.2) is 0 Å². The van der Waals surface area contributed by atoms with E-state index in [1.165, 1.54) is 11.2 Å². The maximum atomic E-state index is 5.23. The Labute approximate surface area is 43.6 Å². The maximum absolute atomic E-state index is 5.23. The van der Waals surface area contributed by atoms with E-state index in [1.54, 1.807) is 7.05 Å². The van der Waals surface area contributed by atoms with E-state index in [-0.39, 0.29) is 0 Å². The van der Waals surface area contributed by atoms with Gasteiger partial charge in [-0.3, -0.25) is 0 Å². The normalized spacial score (nSPS) is 11.6. The fraction of sp³-hybridized carbons (Fsp3) is 0.500. The van der Waals surface area contributed by atoms with Crippen molar-refractivity contribution < 1.29 is 0 Å². The standard InChI is InChI=1S/C4H11N3/c1-4(3-5)7(2)6/h3H,5-6H2,1-2H3/b4-3-. The van der Waals surface area contributed by atoms with Gasteiger partial charge in [-0.2, -0.15) is 0 Å². The van der Waals surface area contributed by atoms with Gasteiger partial charge < -0.3 is 10.7 Å². The van der Waals surface area contributed by atoms with Gasteiger partial charge in [0, 0.05) is 18.9 Å². The van der Waals surface area contributed by atoms with Crippen molar-refractivity contribution in [3.05, 3.63) is 11.9 Å². The molecule has 0 amide bonds. The van der Waals surface area contributed by atoms with Crippen molar-refractivity contribution >= 4 is 0 Å². The largest absolute Gasteiger partial charge is 0.403 e. The molecule has 0 aliphatic carbocycles. The first-order valence-corrected chi connectivity index (χ1v) is 2.05. The zero-order valence-corrected chi connectivity index (χ0v) is 4.68. The molecule has 0 heterocycles. The van der Waals surface area contributed by atoms with Crippen LogP contribution in [0.15, 0.2) is 11.9 Å². The molecule has 0 aromatic rings. The SMILES string of the molecule is C/C(=C/N)N(C)N. The molecule has 42 valence electrons. The lowest BCUT2D eigenvalue weighted by molar-refractivity contribution is 0.440. The lowest BCUT2D eigenvalue weighted by Crippen LogP contribution is -2.24. The molecule has 0 atom stereocenters. The van der Waals surface area contributed by atoms with Crippen LogP contribution in [0.4, 0.5) is 0 Å². The molecule has 0 rings (SSSR count). The molecule has 0 bridgehead atoms. The van der Waals surface area contributed by atoms with E-state index in [9.17, 15) is 0 Å². The molecule has 0 unspecified atom stereocenters. The highest BCUT2D eigenvalue weighted by Gasteiger charge is 1.84. The smallest absolute Gasteiger partial charge is 0.0411 e. The molecule has 0 saturated carbocycles. The highest BCUT2D eigenvalue weighted by Crippen LogP contribution is 1.86. The van der Waals surface area contributed by atoms with Gasteiger partial charge in [0.25, 0.3) is 0 Å². The van der Waals surface area contributed by atoms with Gasteiger partial charge in [-0.1, -0.05) is 0 Å². The maximum Gasteiger partial charge on any atom is 0.0411 e. The van der Waals surface area contributed by atoms with Gasteiger partial charge in [0.2, 0.25) is 0 Å². The molecular formula is C4H11N3. The van der Waals surface area contributed by atoms with Crippen LogP contribution in [0.3, 0.4) is 0 Å². The number of nitrogens with zero attached hydrogens (tertiary/aromatic N) is 1. The predicted molar refractivity (Wildman–Crippen MR) is 29.9 cm³/mol. The van der Waals surface area contributed by atoms with Crippen LogP contribution in [0.25, 0.3) is 0 Å². The lowest BCUT2D eigenvalue weighted by atomic mass is 10.5. The Bertz CT molecular complexity index is 75.0. The van der Waals surface area contributed by atoms with E-state index in [0.29, 0.717) is 0 Å². The first kappa shape index (κ1) is 6.30. The predicted octanol–water partition coefficient (Wildman–Crippen LogP) is -0.388. The molecule has 0 aromatic heterocycles. The van der Waals surface area contributed by atoms with Crippen molar-refractivity contribution in [3.8, 4) is 0 Å². The third-order valence-corrected chi connectivity index (χ3v) is 0.798. The van der Waals surface area contributed by atoms with Crippen LogP contribution in [0.2, 0.25) is 0 Å². The van der Waals surface area contributed by atoms with Crippen molar-refractivity contribution in [1.29, 1.82) is 0 Å². The molecule has 0 spiro atoms. The molecule has 0 fully saturated rings. The summed E-state index contributed by atoms with van der Waals surface area (Å²) in [4.78, 5) is 0. The molecule has 4 N–H and O–H groups in total. The first-order chi connectivity index (χ1) is 3.18.